The largest absolute Gasteiger partial charge is 0.386 e. The molecule has 0 saturated carbocycles. The zero-order chi connectivity index (χ0) is 9.35. The van der Waals surface area contributed by atoms with Gasteiger partial charge in [0, 0.05) is 5.92 Å². The molecule has 0 aromatic rings. The third-order valence-electron chi connectivity index (χ3n) is 2.43. The fourth-order valence-electron chi connectivity index (χ4n) is 1.38. The van der Waals surface area contributed by atoms with Gasteiger partial charge in [-0.2, -0.15) is 0 Å². The predicted molar refractivity (Wildman–Crippen MR) is 47.8 cm³/mol. The summed E-state index contributed by atoms with van der Waals surface area (Å²) in [4.78, 5) is 11.3. The highest BCUT2D eigenvalue weighted by molar-refractivity contribution is 5.93. The van der Waals surface area contributed by atoms with E-state index in [2.05, 4.69) is 0 Å². The van der Waals surface area contributed by atoms with Gasteiger partial charge in [-0.1, -0.05) is 6.92 Å². The first-order valence-corrected chi connectivity index (χ1v) is 4.38. The minimum atomic E-state index is -0.824. The summed E-state index contributed by atoms with van der Waals surface area (Å²) >= 11 is 0. The number of allylic oxidation sites excluding steroid dienone is 1. The Morgan fingerprint density at radius 2 is 2.17 bits per heavy atom. The highest BCUT2D eigenvalue weighted by Crippen LogP contribution is 2.27. The molecule has 1 atom stereocenters. The number of rotatable bonds is 1. The first-order chi connectivity index (χ1) is 5.41. The van der Waals surface area contributed by atoms with Crippen LogP contribution < -0.4 is 0 Å². The zero-order valence-electron chi connectivity index (χ0n) is 7.92. The van der Waals surface area contributed by atoms with E-state index in [0.29, 0.717) is 0 Å². The Morgan fingerprint density at radius 3 is 2.58 bits per heavy atom. The van der Waals surface area contributed by atoms with Crippen LogP contribution in [0.5, 0.6) is 0 Å². The van der Waals surface area contributed by atoms with Gasteiger partial charge in [-0.25, -0.2) is 0 Å². The minimum Gasteiger partial charge on any atom is -0.386 e. The molecule has 1 N–H and O–H groups in total. The number of hydrogen-bond donors (Lipinski definition) is 1. The fourth-order valence-corrected chi connectivity index (χ4v) is 1.38. The number of carbonyl (C=O) groups is 1. The zero-order valence-corrected chi connectivity index (χ0v) is 7.92. The summed E-state index contributed by atoms with van der Waals surface area (Å²) in [5, 5.41) is 9.63. The van der Waals surface area contributed by atoms with E-state index in [1.54, 1.807) is 19.9 Å². The average molecular weight is 168 g/mol. The Morgan fingerprint density at radius 1 is 1.58 bits per heavy atom. The van der Waals surface area contributed by atoms with Crippen molar-refractivity contribution in [3.63, 3.8) is 0 Å². The fraction of sp³-hybridized carbons (Fsp3) is 0.700. The van der Waals surface area contributed by atoms with Crippen molar-refractivity contribution in [2.24, 2.45) is 5.92 Å². The van der Waals surface area contributed by atoms with Gasteiger partial charge in [0.2, 0.25) is 0 Å². The molecule has 0 aromatic carbocycles. The Labute approximate surface area is 73.3 Å². The van der Waals surface area contributed by atoms with Crippen molar-refractivity contribution in [2.45, 2.75) is 39.2 Å². The Balaban J connectivity index is 2.83. The molecular formula is C10H16O2. The van der Waals surface area contributed by atoms with Crippen molar-refractivity contribution in [3.8, 4) is 0 Å². The van der Waals surface area contributed by atoms with Crippen LogP contribution in [0.25, 0.3) is 0 Å². The summed E-state index contributed by atoms with van der Waals surface area (Å²) in [6.45, 7) is 5.38. The SMILES string of the molecule is C[C@@H]1CCC(C(C)(C)O)=CC1=O. The van der Waals surface area contributed by atoms with E-state index in [1.807, 2.05) is 6.92 Å². The third kappa shape index (κ3) is 1.95. The first kappa shape index (κ1) is 9.46. The predicted octanol–water partition coefficient (Wildman–Crippen LogP) is 1.68. The molecule has 0 aromatic heterocycles. The molecule has 0 aliphatic heterocycles. The summed E-state index contributed by atoms with van der Waals surface area (Å²) in [6, 6.07) is 0. The molecule has 0 bridgehead atoms. The Hall–Kier alpha value is -0.630. The van der Waals surface area contributed by atoms with Crippen LogP contribution in [0.3, 0.4) is 0 Å². The minimum absolute atomic E-state index is 0.135. The smallest absolute Gasteiger partial charge is 0.158 e. The molecule has 0 saturated heterocycles. The molecule has 2 heteroatoms. The second kappa shape index (κ2) is 3.02. The van der Waals surface area contributed by atoms with Gasteiger partial charge in [0.1, 0.15) is 0 Å². The quantitative estimate of drug-likeness (QED) is 0.646. The summed E-state index contributed by atoms with van der Waals surface area (Å²) in [5.74, 6) is 0.287. The van der Waals surface area contributed by atoms with Crippen molar-refractivity contribution in [3.05, 3.63) is 11.6 Å². The standard InChI is InChI=1S/C10H16O2/c1-7-4-5-8(6-9(7)11)10(2,3)12/h6-7,12H,4-5H2,1-3H3/t7-/m1/s1. The Bertz CT molecular complexity index is 220. The molecule has 0 heterocycles. The number of carbonyl (C=O) groups excluding carboxylic acids is 1. The van der Waals surface area contributed by atoms with Gasteiger partial charge in [-0.3, -0.25) is 4.79 Å². The van der Waals surface area contributed by atoms with E-state index in [1.165, 1.54) is 0 Å². The molecule has 0 radical (unpaired) electrons. The van der Waals surface area contributed by atoms with Gasteiger partial charge >= 0.3 is 0 Å². The lowest BCUT2D eigenvalue weighted by Gasteiger charge is -2.26. The van der Waals surface area contributed by atoms with E-state index < -0.39 is 5.60 Å². The maximum Gasteiger partial charge on any atom is 0.158 e. The molecule has 1 aliphatic rings. The molecule has 12 heavy (non-hydrogen) atoms. The van der Waals surface area contributed by atoms with Crippen LogP contribution in [0, 0.1) is 5.92 Å². The Kier molecular flexibility index (Phi) is 2.38. The third-order valence-corrected chi connectivity index (χ3v) is 2.43. The first-order valence-electron chi connectivity index (χ1n) is 4.38. The second-order valence-electron chi connectivity index (χ2n) is 4.07. The lowest BCUT2D eigenvalue weighted by Crippen LogP contribution is -2.27. The van der Waals surface area contributed by atoms with E-state index in [4.69, 9.17) is 0 Å². The molecule has 68 valence electrons. The normalized spacial score (nSPS) is 25.5. The number of aliphatic hydroxyl groups is 1. The summed E-state index contributed by atoms with van der Waals surface area (Å²) in [5.41, 5.74) is 0.0427. The molecule has 1 aliphatic carbocycles. The van der Waals surface area contributed by atoms with Gasteiger partial charge < -0.3 is 5.11 Å². The van der Waals surface area contributed by atoms with Crippen LogP contribution >= 0.6 is 0 Å². The molecule has 0 spiro atoms. The van der Waals surface area contributed by atoms with Crippen LogP contribution in [0.1, 0.15) is 33.6 Å². The van der Waals surface area contributed by atoms with Gasteiger partial charge in [-0.15, -0.1) is 0 Å². The summed E-state index contributed by atoms with van der Waals surface area (Å²) in [6.07, 6.45) is 3.32. The average Bonchev–Trinajstić information content (AvgIpc) is 1.92. The molecule has 0 amide bonds. The van der Waals surface area contributed by atoms with Crippen LogP contribution in [-0.2, 0) is 4.79 Å². The topological polar surface area (TPSA) is 37.3 Å². The summed E-state index contributed by atoms with van der Waals surface area (Å²) < 4.78 is 0. The van der Waals surface area contributed by atoms with Gasteiger partial charge in [0.05, 0.1) is 5.60 Å². The van der Waals surface area contributed by atoms with Gasteiger partial charge in [-0.05, 0) is 38.3 Å². The highest BCUT2D eigenvalue weighted by atomic mass is 16.3. The van der Waals surface area contributed by atoms with E-state index in [9.17, 15) is 9.90 Å². The number of ketones is 1. The van der Waals surface area contributed by atoms with Crippen molar-refractivity contribution >= 4 is 5.78 Å². The van der Waals surface area contributed by atoms with Gasteiger partial charge in [0.15, 0.2) is 5.78 Å². The van der Waals surface area contributed by atoms with Crippen molar-refractivity contribution in [1.82, 2.24) is 0 Å². The highest BCUT2D eigenvalue weighted by Gasteiger charge is 2.26. The summed E-state index contributed by atoms with van der Waals surface area (Å²) in [7, 11) is 0. The molecule has 1 rings (SSSR count). The van der Waals surface area contributed by atoms with Crippen LogP contribution in [0.4, 0.5) is 0 Å². The van der Waals surface area contributed by atoms with E-state index in [0.717, 1.165) is 18.4 Å². The van der Waals surface area contributed by atoms with Crippen LogP contribution in [-0.4, -0.2) is 16.5 Å². The lowest BCUT2D eigenvalue weighted by atomic mass is 9.83. The molecule has 0 fully saturated rings. The molecular weight excluding hydrogens is 152 g/mol. The second-order valence-corrected chi connectivity index (χ2v) is 4.07. The van der Waals surface area contributed by atoms with Crippen LogP contribution in [0.2, 0.25) is 0 Å². The van der Waals surface area contributed by atoms with Crippen molar-refractivity contribution in [1.29, 1.82) is 0 Å². The van der Waals surface area contributed by atoms with Crippen molar-refractivity contribution in [2.75, 3.05) is 0 Å². The maximum atomic E-state index is 11.3. The van der Waals surface area contributed by atoms with Gasteiger partial charge in [0.25, 0.3) is 0 Å². The molecule has 0 unspecified atom stereocenters. The van der Waals surface area contributed by atoms with Crippen molar-refractivity contribution < 1.29 is 9.90 Å². The monoisotopic (exact) mass is 168 g/mol. The maximum absolute atomic E-state index is 11.3. The lowest BCUT2D eigenvalue weighted by molar-refractivity contribution is -0.118. The van der Waals surface area contributed by atoms with Crippen LogP contribution in [0.15, 0.2) is 11.6 Å². The number of hydrogen-bond acceptors (Lipinski definition) is 2. The van der Waals surface area contributed by atoms with E-state index in [-0.39, 0.29) is 11.7 Å². The molecule has 2 nitrogen and oxygen atoms in total. The van der Waals surface area contributed by atoms with E-state index >= 15 is 0 Å².